The van der Waals surface area contributed by atoms with E-state index < -0.39 is 12.7 Å². The number of hydroxylamine groups is 1. The summed E-state index contributed by atoms with van der Waals surface area (Å²) < 4.78 is 38.3. The van der Waals surface area contributed by atoms with E-state index in [1.807, 2.05) is 0 Å². The number of alkyl halides is 3. The summed E-state index contributed by atoms with van der Waals surface area (Å²) in [6, 6.07) is 0.0492. The first-order valence-electron chi connectivity index (χ1n) is 5.94. The maximum atomic E-state index is 12.4. The highest BCUT2D eigenvalue weighted by Gasteiger charge is 2.45. The fourth-order valence-corrected chi connectivity index (χ4v) is 3.21. The molecular formula is C11H18F3N2O+. The number of fused-ring (bicyclic) bond motifs is 2. The van der Waals surface area contributed by atoms with Crippen molar-refractivity contribution in [3.8, 4) is 0 Å². The molecule has 2 unspecified atom stereocenters. The van der Waals surface area contributed by atoms with Crippen LogP contribution in [-0.2, 0) is 0 Å². The van der Waals surface area contributed by atoms with Crippen molar-refractivity contribution in [3.63, 3.8) is 0 Å². The van der Waals surface area contributed by atoms with E-state index in [1.54, 1.807) is 11.1 Å². The van der Waals surface area contributed by atoms with Gasteiger partial charge in [-0.1, -0.05) is 0 Å². The number of hydrogen-bond acceptors (Lipinski definition) is 2. The summed E-state index contributed by atoms with van der Waals surface area (Å²) in [4.78, 5) is 1.60. The molecule has 2 aliphatic heterocycles. The lowest BCUT2D eigenvalue weighted by molar-refractivity contribution is -0.752. The molecule has 0 aliphatic carbocycles. The molecule has 2 fully saturated rings. The average Bonchev–Trinajstić information content (AvgIpc) is 2.42. The van der Waals surface area contributed by atoms with E-state index in [4.69, 9.17) is 5.21 Å². The van der Waals surface area contributed by atoms with Crippen LogP contribution in [0.5, 0.6) is 0 Å². The Morgan fingerprint density at radius 1 is 1.29 bits per heavy atom. The summed E-state index contributed by atoms with van der Waals surface area (Å²) in [7, 11) is 1.53. The highest BCUT2D eigenvalue weighted by molar-refractivity contribution is 5.55. The first kappa shape index (κ1) is 12.7. The number of rotatable bonds is 2. The van der Waals surface area contributed by atoms with E-state index in [1.165, 1.54) is 7.05 Å². The molecule has 0 aromatic rings. The average molecular weight is 251 g/mol. The van der Waals surface area contributed by atoms with Gasteiger partial charge in [-0.3, -0.25) is 10.1 Å². The Kier molecular flexibility index (Phi) is 3.34. The highest BCUT2D eigenvalue weighted by atomic mass is 19.4. The predicted molar refractivity (Wildman–Crippen MR) is 56.3 cm³/mol. The van der Waals surface area contributed by atoms with Gasteiger partial charge in [-0.15, -0.1) is 0 Å². The Hall–Kier alpha value is -0.780. The standard InChI is InChI=1S/C11H18F3N2O/c1-15(17)6-8-4-9-2-3-10(5-8)16(9)7-11(12,13)14/h6,8-10,17H,2-5,7H2,1H3/q+1. The Morgan fingerprint density at radius 2 is 1.82 bits per heavy atom. The fourth-order valence-electron chi connectivity index (χ4n) is 3.21. The van der Waals surface area contributed by atoms with Crippen LogP contribution in [0.1, 0.15) is 25.7 Å². The van der Waals surface area contributed by atoms with Gasteiger partial charge in [0, 0.05) is 18.0 Å². The lowest BCUT2D eigenvalue weighted by Crippen LogP contribution is -2.47. The summed E-state index contributed by atoms with van der Waals surface area (Å²) in [5.41, 5.74) is 0. The third kappa shape index (κ3) is 3.12. The van der Waals surface area contributed by atoms with Crippen LogP contribution in [0.3, 0.4) is 0 Å². The molecule has 0 aromatic carbocycles. The molecule has 6 heteroatoms. The van der Waals surface area contributed by atoms with Crippen molar-refractivity contribution in [1.29, 1.82) is 0 Å². The monoisotopic (exact) mass is 251 g/mol. The lowest BCUT2D eigenvalue weighted by atomic mass is 9.91. The summed E-state index contributed by atoms with van der Waals surface area (Å²) in [6.45, 7) is -0.788. The molecule has 98 valence electrons. The van der Waals surface area contributed by atoms with Gasteiger partial charge in [0.2, 0.25) is 0 Å². The second-order valence-electron chi connectivity index (χ2n) is 5.13. The van der Waals surface area contributed by atoms with Crippen LogP contribution in [0.2, 0.25) is 0 Å². The fraction of sp³-hybridized carbons (Fsp3) is 0.909. The third-order valence-corrected chi connectivity index (χ3v) is 3.71. The molecule has 3 nitrogen and oxygen atoms in total. The predicted octanol–water partition coefficient (Wildman–Crippen LogP) is 1.89. The van der Waals surface area contributed by atoms with E-state index in [0.29, 0.717) is 0 Å². The Balaban J connectivity index is 2.01. The van der Waals surface area contributed by atoms with Gasteiger partial charge in [0.15, 0.2) is 13.3 Å². The molecule has 0 aromatic heterocycles. The third-order valence-electron chi connectivity index (χ3n) is 3.71. The van der Waals surface area contributed by atoms with Gasteiger partial charge in [0.1, 0.15) is 0 Å². The number of halogens is 3. The Morgan fingerprint density at radius 3 is 2.24 bits per heavy atom. The van der Waals surface area contributed by atoms with E-state index >= 15 is 0 Å². The van der Waals surface area contributed by atoms with E-state index in [9.17, 15) is 13.2 Å². The van der Waals surface area contributed by atoms with Crippen LogP contribution >= 0.6 is 0 Å². The summed E-state index contributed by atoms with van der Waals surface area (Å²) in [5, 5.41) is 9.13. The minimum Gasteiger partial charge on any atom is -0.291 e. The SMILES string of the molecule is C[N+](O)=CC1CC2CCC(C1)N2CC(F)(F)F. The molecule has 2 bridgehead atoms. The van der Waals surface area contributed by atoms with Gasteiger partial charge in [-0.05, 0) is 30.4 Å². The summed E-state index contributed by atoms with van der Waals surface area (Å²) >= 11 is 0. The van der Waals surface area contributed by atoms with E-state index in [-0.39, 0.29) is 18.0 Å². The largest absolute Gasteiger partial charge is 0.401 e. The molecular weight excluding hydrogens is 233 g/mol. The van der Waals surface area contributed by atoms with Crippen molar-refractivity contribution >= 4 is 6.21 Å². The topological polar surface area (TPSA) is 26.5 Å². The molecule has 0 radical (unpaired) electrons. The molecule has 0 spiro atoms. The molecule has 0 amide bonds. The number of hydrogen-bond donors (Lipinski definition) is 1. The second-order valence-corrected chi connectivity index (χ2v) is 5.13. The van der Waals surface area contributed by atoms with Gasteiger partial charge < -0.3 is 0 Å². The van der Waals surface area contributed by atoms with Gasteiger partial charge in [0.05, 0.1) is 6.54 Å². The quantitative estimate of drug-likeness (QED) is 0.351. The Bertz CT molecular complexity index is 298. The molecule has 17 heavy (non-hydrogen) atoms. The normalized spacial score (nSPS) is 35.3. The van der Waals surface area contributed by atoms with E-state index in [2.05, 4.69) is 0 Å². The van der Waals surface area contributed by atoms with Crippen molar-refractivity contribution < 1.29 is 23.1 Å². The van der Waals surface area contributed by atoms with Crippen molar-refractivity contribution in [2.75, 3.05) is 13.6 Å². The van der Waals surface area contributed by atoms with Crippen LogP contribution < -0.4 is 0 Å². The zero-order chi connectivity index (χ0) is 12.6. The van der Waals surface area contributed by atoms with Gasteiger partial charge in [-0.25, -0.2) is 0 Å². The first-order valence-corrected chi connectivity index (χ1v) is 5.94. The zero-order valence-corrected chi connectivity index (χ0v) is 9.82. The van der Waals surface area contributed by atoms with Gasteiger partial charge in [-0.2, -0.15) is 13.2 Å². The van der Waals surface area contributed by atoms with Crippen LogP contribution in [0.4, 0.5) is 13.2 Å². The molecule has 2 rings (SSSR count). The highest BCUT2D eigenvalue weighted by Crippen LogP contribution is 2.39. The maximum absolute atomic E-state index is 12.4. The minimum atomic E-state index is -4.11. The van der Waals surface area contributed by atoms with E-state index in [0.717, 1.165) is 30.4 Å². The van der Waals surface area contributed by atoms with Crippen LogP contribution in [-0.4, -0.2) is 52.9 Å². The van der Waals surface area contributed by atoms with Crippen molar-refractivity contribution in [1.82, 2.24) is 4.90 Å². The Labute approximate surface area is 98.5 Å². The zero-order valence-electron chi connectivity index (χ0n) is 9.82. The summed E-state index contributed by atoms with van der Waals surface area (Å²) in [5.74, 6) is 0.201. The minimum absolute atomic E-state index is 0.0246. The molecule has 2 heterocycles. The van der Waals surface area contributed by atoms with Gasteiger partial charge in [0.25, 0.3) is 0 Å². The first-order chi connectivity index (χ1) is 7.85. The molecule has 2 aliphatic rings. The van der Waals surface area contributed by atoms with Crippen LogP contribution in [0.25, 0.3) is 0 Å². The molecule has 1 N–H and O–H groups in total. The molecule has 2 atom stereocenters. The summed E-state index contributed by atoms with van der Waals surface area (Å²) in [6.07, 6.45) is 0.733. The van der Waals surface area contributed by atoms with Crippen molar-refractivity contribution in [2.45, 2.75) is 43.9 Å². The van der Waals surface area contributed by atoms with Crippen LogP contribution in [0.15, 0.2) is 0 Å². The van der Waals surface area contributed by atoms with Crippen molar-refractivity contribution in [3.05, 3.63) is 0 Å². The smallest absolute Gasteiger partial charge is 0.291 e. The second kappa shape index (κ2) is 4.48. The molecule has 2 saturated heterocycles. The van der Waals surface area contributed by atoms with Gasteiger partial charge >= 0.3 is 6.18 Å². The van der Waals surface area contributed by atoms with Crippen molar-refractivity contribution in [2.24, 2.45) is 5.92 Å². The van der Waals surface area contributed by atoms with Crippen LogP contribution in [0, 0.1) is 5.92 Å². The lowest BCUT2D eigenvalue weighted by Gasteiger charge is -2.37. The number of nitrogens with zero attached hydrogens (tertiary/aromatic N) is 2. The maximum Gasteiger partial charge on any atom is 0.401 e. The molecule has 0 saturated carbocycles. The number of piperidine rings is 1.